The summed E-state index contributed by atoms with van der Waals surface area (Å²) in [4.78, 5) is 4.34. The summed E-state index contributed by atoms with van der Waals surface area (Å²) in [6.07, 6.45) is 0.192. The SMILES string of the molecule is CC(C)OCc1cccc(C(C)(C)O)n1. The molecule has 15 heavy (non-hydrogen) atoms. The molecule has 0 aliphatic carbocycles. The third-order valence-corrected chi connectivity index (χ3v) is 2.00. The van der Waals surface area contributed by atoms with Gasteiger partial charge in [0.2, 0.25) is 0 Å². The summed E-state index contributed by atoms with van der Waals surface area (Å²) in [7, 11) is 0. The van der Waals surface area contributed by atoms with Crippen LogP contribution in [0, 0.1) is 0 Å². The molecule has 0 aliphatic rings. The summed E-state index contributed by atoms with van der Waals surface area (Å²) in [5.74, 6) is 0. The molecule has 1 N–H and O–H groups in total. The lowest BCUT2D eigenvalue weighted by molar-refractivity contribution is 0.0594. The van der Waals surface area contributed by atoms with E-state index < -0.39 is 5.60 Å². The topological polar surface area (TPSA) is 42.4 Å². The molecule has 1 aromatic heterocycles. The highest BCUT2D eigenvalue weighted by Crippen LogP contribution is 2.17. The number of nitrogens with zero attached hydrogens (tertiary/aromatic N) is 1. The fourth-order valence-electron chi connectivity index (χ4n) is 1.15. The van der Waals surface area contributed by atoms with Crippen molar-refractivity contribution in [3.8, 4) is 0 Å². The Kier molecular flexibility index (Phi) is 3.83. The van der Waals surface area contributed by atoms with E-state index in [0.29, 0.717) is 12.3 Å². The molecule has 0 radical (unpaired) electrons. The Hall–Kier alpha value is -0.930. The van der Waals surface area contributed by atoms with Crippen LogP contribution in [0.15, 0.2) is 18.2 Å². The number of hydrogen-bond donors (Lipinski definition) is 1. The van der Waals surface area contributed by atoms with E-state index in [4.69, 9.17) is 4.74 Å². The van der Waals surface area contributed by atoms with Gasteiger partial charge in [0, 0.05) is 0 Å². The van der Waals surface area contributed by atoms with Gasteiger partial charge >= 0.3 is 0 Å². The van der Waals surface area contributed by atoms with Crippen LogP contribution >= 0.6 is 0 Å². The van der Waals surface area contributed by atoms with E-state index in [1.54, 1.807) is 13.8 Å². The molecule has 0 spiro atoms. The molecule has 0 atom stereocenters. The highest BCUT2D eigenvalue weighted by molar-refractivity contribution is 5.15. The number of hydrogen-bond acceptors (Lipinski definition) is 3. The van der Waals surface area contributed by atoms with Gasteiger partial charge in [0.1, 0.15) is 5.60 Å². The summed E-state index contributed by atoms with van der Waals surface area (Å²) in [5.41, 5.74) is 0.629. The third kappa shape index (κ3) is 3.98. The Labute approximate surface area is 91.1 Å². The van der Waals surface area contributed by atoms with Gasteiger partial charge in [-0.1, -0.05) is 6.07 Å². The quantitative estimate of drug-likeness (QED) is 0.827. The first-order valence-electron chi connectivity index (χ1n) is 5.20. The third-order valence-electron chi connectivity index (χ3n) is 2.00. The van der Waals surface area contributed by atoms with Crippen LogP contribution in [0.5, 0.6) is 0 Å². The Morgan fingerprint density at radius 3 is 2.60 bits per heavy atom. The second-order valence-corrected chi connectivity index (χ2v) is 4.43. The minimum absolute atomic E-state index is 0.192. The first-order valence-corrected chi connectivity index (χ1v) is 5.20. The second kappa shape index (κ2) is 4.73. The Morgan fingerprint density at radius 1 is 1.40 bits per heavy atom. The molecule has 0 saturated heterocycles. The number of aliphatic hydroxyl groups is 1. The van der Waals surface area contributed by atoms with Gasteiger partial charge in [0.05, 0.1) is 24.1 Å². The van der Waals surface area contributed by atoms with Gasteiger partial charge in [-0.15, -0.1) is 0 Å². The first-order chi connectivity index (χ1) is 6.89. The van der Waals surface area contributed by atoms with Crippen LogP contribution in [-0.4, -0.2) is 16.2 Å². The van der Waals surface area contributed by atoms with Crippen molar-refractivity contribution in [1.82, 2.24) is 4.98 Å². The van der Waals surface area contributed by atoms with Crippen LogP contribution in [0.4, 0.5) is 0 Å². The van der Waals surface area contributed by atoms with E-state index in [1.165, 1.54) is 0 Å². The summed E-state index contributed by atoms with van der Waals surface area (Å²) in [5, 5.41) is 9.79. The number of aromatic nitrogens is 1. The standard InChI is InChI=1S/C12H19NO2/c1-9(2)15-8-10-6-5-7-11(13-10)12(3,4)14/h5-7,9,14H,8H2,1-4H3. The van der Waals surface area contributed by atoms with Crippen molar-refractivity contribution in [3.63, 3.8) is 0 Å². The molecule has 0 amide bonds. The summed E-state index contributed by atoms with van der Waals surface area (Å²) < 4.78 is 5.45. The Balaban J connectivity index is 2.75. The molecule has 84 valence electrons. The van der Waals surface area contributed by atoms with Gasteiger partial charge in [-0.25, -0.2) is 0 Å². The maximum atomic E-state index is 9.79. The molecule has 3 nitrogen and oxygen atoms in total. The van der Waals surface area contributed by atoms with Crippen molar-refractivity contribution in [2.45, 2.75) is 46.0 Å². The van der Waals surface area contributed by atoms with E-state index in [1.807, 2.05) is 32.0 Å². The molecular formula is C12H19NO2. The normalized spacial score (nSPS) is 12.1. The molecule has 1 heterocycles. The highest BCUT2D eigenvalue weighted by Gasteiger charge is 2.17. The van der Waals surface area contributed by atoms with Gasteiger partial charge in [-0.3, -0.25) is 4.98 Å². The predicted octanol–water partition coefficient (Wildman–Crippen LogP) is 2.23. The number of pyridine rings is 1. The summed E-state index contributed by atoms with van der Waals surface area (Å²) in [6, 6.07) is 5.61. The van der Waals surface area contributed by atoms with Gasteiger partial charge in [0.25, 0.3) is 0 Å². The number of ether oxygens (including phenoxy) is 1. The van der Waals surface area contributed by atoms with Gasteiger partial charge in [-0.2, -0.15) is 0 Å². The molecule has 0 aromatic carbocycles. The van der Waals surface area contributed by atoms with E-state index in [2.05, 4.69) is 4.98 Å². The minimum Gasteiger partial charge on any atom is -0.384 e. The zero-order valence-corrected chi connectivity index (χ0v) is 9.82. The maximum Gasteiger partial charge on any atom is 0.101 e. The zero-order valence-electron chi connectivity index (χ0n) is 9.82. The molecule has 0 saturated carbocycles. The Bertz CT molecular complexity index is 316. The number of rotatable bonds is 4. The largest absolute Gasteiger partial charge is 0.384 e. The average Bonchev–Trinajstić information content (AvgIpc) is 2.14. The molecule has 0 aliphatic heterocycles. The van der Waals surface area contributed by atoms with Crippen molar-refractivity contribution in [2.75, 3.05) is 0 Å². The van der Waals surface area contributed by atoms with E-state index >= 15 is 0 Å². The lowest BCUT2D eigenvalue weighted by Crippen LogP contribution is -2.18. The summed E-state index contributed by atoms with van der Waals surface area (Å²) >= 11 is 0. The van der Waals surface area contributed by atoms with E-state index in [9.17, 15) is 5.11 Å². The van der Waals surface area contributed by atoms with Crippen molar-refractivity contribution in [1.29, 1.82) is 0 Å². The lowest BCUT2D eigenvalue weighted by Gasteiger charge is -2.17. The predicted molar refractivity (Wildman–Crippen MR) is 59.4 cm³/mol. The molecule has 1 aromatic rings. The van der Waals surface area contributed by atoms with Gasteiger partial charge < -0.3 is 9.84 Å². The fourth-order valence-corrected chi connectivity index (χ4v) is 1.15. The minimum atomic E-state index is -0.895. The molecule has 0 fully saturated rings. The van der Waals surface area contributed by atoms with Crippen LogP contribution in [0.3, 0.4) is 0 Å². The highest BCUT2D eigenvalue weighted by atomic mass is 16.5. The fraction of sp³-hybridized carbons (Fsp3) is 0.583. The van der Waals surface area contributed by atoms with Crippen molar-refractivity contribution < 1.29 is 9.84 Å². The van der Waals surface area contributed by atoms with Crippen LogP contribution in [0.25, 0.3) is 0 Å². The molecule has 0 unspecified atom stereocenters. The maximum absolute atomic E-state index is 9.79. The molecular weight excluding hydrogens is 190 g/mol. The van der Waals surface area contributed by atoms with E-state index in [0.717, 1.165) is 5.69 Å². The van der Waals surface area contributed by atoms with Crippen LogP contribution in [-0.2, 0) is 16.9 Å². The Morgan fingerprint density at radius 2 is 2.07 bits per heavy atom. The molecule has 0 bridgehead atoms. The second-order valence-electron chi connectivity index (χ2n) is 4.43. The lowest BCUT2D eigenvalue weighted by atomic mass is 10.0. The summed E-state index contributed by atoms with van der Waals surface area (Å²) in [6.45, 7) is 7.91. The molecule has 1 rings (SSSR count). The first kappa shape index (κ1) is 12.1. The van der Waals surface area contributed by atoms with Crippen LogP contribution < -0.4 is 0 Å². The van der Waals surface area contributed by atoms with Crippen molar-refractivity contribution >= 4 is 0 Å². The monoisotopic (exact) mass is 209 g/mol. The van der Waals surface area contributed by atoms with E-state index in [-0.39, 0.29) is 6.10 Å². The zero-order chi connectivity index (χ0) is 11.5. The van der Waals surface area contributed by atoms with Crippen molar-refractivity contribution in [3.05, 3.63) is 29.6 Å². The smallest absolute Gasteiger partial charge is 0.101 e. The molecule has 3 heteroatoms. The van der Waals surface area contributed by atoms with Gasteiger partial charge in [0.15, 0.2) is 0 Å². The average molecular weight is 209 g/mol. The van der Waals surface area contributed by atoms with Crippen LogP contribution in [0.2, 0.25) is 0 Å². The van der Waals surface area contributed by atoms with Crippen LogP contribution in [0.1, 0.15) is 39.1 Å². The van der Waals surface area contributed by atoms with Crippen molar-refractivity contribution in [2.24, 2.45) is 0 Å². The van der Waals surface area contributed by atoms with Gasteiger partial charge in [-0.05, 0) is 39.8 Å².